The van der Waals surface area contributed by atoms with Crippen LogP contribution in [0.2, 0.25) is 0 Å². The highest BCUT2D eigenvalue weighted by atomic mass is 32.2. The number of ether oxygens (including phenoxy) is 1. The average Bonchev–Trinajstić information content (AvgIpc) is 2.01. The summed E-state index contributed by atoms with van der Waals surface area (Å²) in [6.07, 6.45) is 2.70. The zero-order chi connectivity index (χ0) is 9.90. The average molecular weight is 201 g/mol. The first kappa shape index (κ1) is 9.98. The maximum absolute atomic E-state index is 10.9. The lowest BCUT2D eigenvalue weighted by Gasteiger charge is -2.01. The molecule has 0 bridgehead atoms. The second-order valence-electron chi connectivity index (χ2n) is 2.76. The summed E-state index contributed by atoms with van der Waals surface area (Å²) in [5, 5.41) is 0. The van der Waals surface area contributed by atoms with Gasteiger partial charge >= 0.3 is 0 Å². The number of hydrogen-bond acceptors (Lipinski definition) is 4. The van der Waals surface area contributed by atoms with Crippen LogP contribution < -0.4 is 4.74 Å². The summed E-state index contributed by atoms with van der Waals surface area (Å²) in [7, 11) is -1.49. The largest absolute Gasteiger partial charge is 0.497 e. The summed E-state index contributed by atoms with van der Waals surface area (Å²) >= 11 is 0. The number of nitrogens with zero attached hydrogens (tertiary/aromatic N) is 1. The molecule has 0 saturated heterocycles. The molecule has 1 aromatic heterocycles. The molecule has 0 radical (unpaired) electrons. The lowest BCUT2D eigenvalue weighted by molar-refractivity contribution is 0.413. The van der Waals surface area contributed by atoms with Crippen LogP contribution in [0.1, 0.15) is 5.69 Å². The Morgan fingerprint density at radius 3 is 2.77 bits per heavy atom. The number of rotatable bonds is 3. The zero-order valence-electron chi connectivity index (χ0n) is 7.52. The van der Waals surface area contributed by atoms with E-state index < -0.39 is 9.84 Å². The Kier molecular flexibility index (Phi) is 2.87. The molecular weight excluding hydrogens is 190 g/mol. The van der Waals surface area contributed by atoms with E-state index in [9.17, 15) is 8.42 Å². The third kappa shape index (κ3) is 3.42. The first-order valence-electron chi connectivity index (χ1n) is 3.68. The molecule has 72 valence electrons. The second kappa shape index (κ2) is 3.74. The number of hydrogen-bond donors (Lipinski definition) is 0. The Labute approximate surface area is 77.5 Å². The molecule has 0 fully saturated rings. The van der Waals surface area contributed by atoms with Crippen molar-refractivity contribution in [2.75, 3.05) is 13.4 Å². The van der Waals surface area contributed by atoms with Crippen LogP contribution in [0, 0.1) is 0 Å². The van der Waals surface area contributed by atoms with E-state index in [1.54, 1.807) is 12.1 Å². The molecule has 0 N–H and O–H groups in total. The SMILES string of the molecule is COc1ccnc(CS(C)(=O)=O)c1. The Morgan fingerprint density at radius 1 is 1.54 bits per heavy atom. The van der Waals surface area contributed by atoms with Gasteiger partial charge in [-0.25, -0.2) is 8.42 Å². The summed E-state index contributed by atoms with van der Waals surface area (Å²) in [4.78, 5) is 3.91. The number of methoxy groups -OCH3 is 1. The van der Waals surface area contributed by atoms with Crippen LogP contribution in [0.4, 0.5) is 0 Å². The molecule has 4 nitrogen and oxygen atoms in total. The second-order valence-corrected chi connectivity index (χ2v) is 4.90. The molecule has 1 heterocycles. The van der Waals surface area contributed by atoms with Crippen molar-refractivity contribution in [3.05, 3.63) is 24.0 Å². The summed E-state index contributed by atoms with van der Waals surface area (Å²) in [6, 6.07) is 3.28. The number of aromatic nitrogens is 1. The molecule has 0 aromatic carbocycles. The van der Waals surface area contributed by atoms with E-state index in [1.165, 1.54) is 19.6 Å². The van der Waals surface area contributed by atoms with E-state index in [1.807, 2.05) is 0 Å². The molecule has 1 rings (SSSR count). The first-order chi connectivity index (χ1) is 6.01. The Bertz CT molecular complexity index is 386. The quantitative estimate of drug-likeness (QED) is 0.720. The van der Waals surface area contributed by atoms with Crippen molar-refractivity contribution < 1.29 is 13.2 Å². The van der Waals surface area contributed by atoms with Gasteiger partial charge in [0.2, 0.25) is 0 Å². The fourth-order valence-corrected chi connectivity index (χ4v) is 1.63. The van der Waals surface area contributed by atoms with Crippen molar-refractivity contribution in [2.45, 2.75) is 5.75 Å². The van der Waals surface area contributed by atoms with Crippen molar-refractivity contribution in [1.29, 1.82) is 0 Å². The van der Waals surface area contributed by atoms with Crippen LogP contribution in [0.15, 0.2) is 18.3 Å². The van der Waals surface area contributed by atoms with Crippen LogP contribution in [-0.2, 0) is 15.6 Å². The maximum atomic E-state index is 10.9. The third-order valence-corrected chi connectivity index (χ3v) is 2.25. The van der Waals surface area contributed by atoms with Crippen molar-refractivity contribution in [3.8, 4) is 5.75 Å². The van der Waals surface area contributed by atoms with Crippen LogP contribution in [0.25, 0.3) is 0 Å². The zero-order valence-corrected chi connectivity index (χ0v) is 8.34. The van der Waals surface area contributed by atoms with Gasteiger partial charge in [0.15, 0.2) is 9.84 Å². The molecule has 0 saturated carbocycles. The molecule has 0 aliphatic rings. The van der Waals surface area contributed by atoms with Crippen LogP contribution in [-0.4, -0.2) is 26.8 Å². The fourth-order valence-electron chi connectivity index (χ4n) is 0.931. The Morgan fingerprint density at radius 2 is 2.23 bits per heavy atom. The van der Waals surface area contributed by atoms with Gasteiger partial charge in [-0.05, 0) is 6.07 Å². The van der Waals surface area contributed by atoms with Gasteiger partial charge in [-0.3, -0.25) is 4.98 Å². The molecule has 0 spiro atoms. The standard InChI is InChI=1S/C8H11NO3S/c1-12-8-3-4-9-7(5-8)6-13(2,10)11/h3-5H,6H2,1-2H3. The van der Waals surface area contributed by atoms with Crippen molar-refractivity contribution >= 4 is 9.84 Å². The van der Waals surface area contributed by atoms with E-state index in [-0.39, 0.29) is 5.75 Å². The molecular formula is C8H11NO3S. The highest BCUT2D eigenvalue weighted by molar-refractivity contribution is 7.89. The van der Waals surface area contributed by atoms with Crippen molar-refractivity contribution in [2.24, 2.45) is 0 Å². The molecule has 0 amide bonds. The van der Waals surface area contributed by atoms with Gasteiger partial charge < -0.3 is 4.74 Å². The van der Waals surface area contributed by atoms with Gasteiger partial charge in [-0.15, -0.1) is 0 Å². The van der Waals surface area contributed by atoms with Gasteiger partial charge in [0.05, 0.1) is 18.6 Å². The molecule has 0 unspecified atom stereocenters. The molecule has 0 atom stereocenters. The van der Waals surface area contributed by atoms with Crippen molar-refractivity contribution in [3.63, 3.8) is 0 Å². The summed E-state index contributed by atoms with van der Waals surface area (Å²) in [5.74, 6) is 0.568. The third-order valence-electron chi connectivity index (χ3n) is 1.43. The van der Waals surface area contributed by atoms with Gasteiger partial charge in [0, 0.05) is 18.5 Å². The van der Waals surface area contributed by atoms with Crippen molar-refractivity contribution in [1.82, 2.24) is 4.98 Å². The van der Waals surface area contributed by atoms with E-state index >= 15 is 0 Å². The molecule has 0 aliphatic carbocycles. The first-order valence-corrected chi connectivity index (χ1v) is 5.74. The molecule has 5 heteroatoms. The van der Waals surface area contributed by atoms with E-state index in [2.05, 4.69) is 4.98 Å². The van der Waals surface area contributed by atoms with E-state index in [0.29, 0.717) is 11.4 Å². The minimum Gasteiger partial charge on any atom is -0.497 e. The lowest BCUT2D eigenvalue weighted by atomic mass is 10.3. The monoisotopic (exact) mass is 201 g/mol. The summed E-state index contributed by atoms with van der Waals surface area (Å²) in [6.45, 7) is 0. The fraction of sp³-hybridized carbons (Fsp3) is 0.375. The highest BCUT2D eigenvalue weighted by Gasteiger charge is 2.05. The van der Waals surface area contributed by atoms with E-state index in [4.69, 9.17) is 4.74 Å². The van der Waals surface area contributed by atoms with Crippen LogP contribution >= 0.6 is 0 Å². The maximum Gasteiger partial charge on any atom is 0.153 e. The smallest absolute Gasteiger partial charge is 0.153 e. The van der Waals surface area contributed by atoms with Crippen LogP contribution in [0.3, 0.4) is 0 Å². The van der Waals surface area contributed by atoms with E-state index in [0.717, 1.165) is 0 Å². The minimum absolute atomic E-state index is 0.0514. The number of pyridine rings is 1. The molecule has 0 aliphatic heterocycles. The lowest BCUT2D eigenvalue weighted by Crippen LogP contribution is -2.02. The summed E-state index contributed by atoms with van der Waals surface area (Å²) < 4.78 is 26.8. The van der Waals surface area contributed by atoms with Gasteiger partial charge in [-0.2, -0.15) is 0 Å². The molecule has 13 heavy (non-hydrogen) atoms. The Hall–Kier alpha value is -1.10. The minimum atomic E-state index is -3.02. The molecule has 1 aromatic rings. The topological polar surface area (TPSA) is 56.3 Å². The highest BCUT2D eigenvalue weighted by Crippen LogP contribution is 2.11. The van der Waals surface area contributed by atoms with Gasteiger partial charge in [0.25, 0.3) is 0 Å². The number of sulfone groups is 1. The normalized spacial score (nSPS) is 11.2. The van der Waals surface area contributed by atoms with Gasteiger partial charge in [0.1, 0.15) is 5.75 Å². The predicted molar refractivity (Wildman–Crippen MR) is 49.3 cm³/mol. The predicted octanol–water partition coefficient (Wildman–Crippen LogP) is 0.635. The van der Waals surface area contributed by atoms with Gasteiger partial charge in [-0.1, -0.05) is 0 Å². The Balaban J connectivity index is 2.90. The van der Waals surface area contributed by atoms with Crippen LogP contribution in [0.5, 0.6) is 5.75 Å². The summed E-state index contributed by atoms with van der Waals surface area (Å²) in [5.41, 5.74) is 0.502.